The monoisotopic (exact) mass is 341 g/mol. The van der Waals surface area contributed by atoms with E-state index in [2.05, 4.69) is 29.4 Å². The number of nitrogens with zero attached hydrogens (tertiary/aromatic N) is 2. The molecule has 1 aromatic carbocycles. The van der Waals surface area contributed by atoms with Gasteiger partial charge in [-0.1, -0.05) is 12.1 Å². The lowest BCUT2D eigenvalue weighted by Gasteiger charge is -2.34. The zero-order valence-electron chi connectivity index (χ0n) is 13.0. The molecule has 0 atom stereocenters. The number of anilines is 1. The Bertz CT molecular complexity index is 508. The molecule has 0 aliphatic carbocycles. The van der Waals surface area contributed by atoms with Crippen LogP contribution in [-0.2, 0) is 4.79 Å². The van der Waals surface area contributed by atoms with Crippen LogP contribution in [0.4, 0.5) is 5.69 Å². The van der Waals surface area contributed by atoms with Crippen LogP contribution in [0.3, 0.4) is 0 Å². The molecule has 2 heterocycles. The van der Waals surface area contributed by atoms with Crippen LogP contribution in [0.15, 0.2) is 29.2 Å². The molecule has 6 heteroatoms. The fourth-order valence-electron chi connectivity index (χ4n) is 3.10. The summed E-state index contributed by atoms with van der Waals surface area (Å²) in [6, 6.07) is 8.76. The molecule has 2 aliphatic heterocycles. The Hall–Kier alpha value is -0.750. The average molecular weight is 342 g/mol. The van der Waals surface area contributed by atoms with E-state index in [4.69, 9.17) is 0 Å². The predicted octanol–water partition coefficient (Wildman–Crippen LogP) is 2.23. The molecule has 2 aliphatic rings. The van der Waals surface area contributed by atoms with Crippen molar-refractivity contribution >= 4 is 35.8 Å². The Labute approximate surface area is 143 Å². The van der Waals surface area contributed by atoms with E-state index >= 15 is 0 Å². The van der Waals surface area contributed by atoms with Gasteiger partial charge in [-0.15, -0.1) is 24.2 Å². The molecule has 1 fully saturated rings. The highest BCUT2D eigenvalue weighted by atomic mass is 35.5. The topological polar surface area (TPSA) is 35.6 Å². The lowest BCUT2D eigenvalue weighted by molar-refractivity contribution is -0.120. The minimum Gasteiger partial charge on any atom is -0.317 e. The summed E-state index contributed by atoms with van der Waals surface area (Å²) < 4.78 is 0. The molecule has 4 nitrogen and oxygen atoms in total. The minimum absolute atomic E-state index is 0. The summed E-state index contributed by atoms with van der Waals surface area (Å²) in [6.45, 7) is 3.46. The number of hydrogen-bond donors (Lipinski definition) is 1. The van der Waals surface area contributed by atoms with Crippen molar-refractivity contribution in [2.24, 2.45) is 0 Å². The highest BCUT2D eigenvalue weighted by Gasteiger charge is 2.26. The van der Waals surface area contributed by atoms with Crippen molar-refractivity contribution in [3.63, 3.8) is 0 Å². The number of fused-ring (bicyclic) bond motifs is 1. The van der Waals surface area contributed by atoms with Crippen molar-refractivity contribution in [3.8, 4) is 0 Å². The van der Waals surface area contributed by atoms with E-state index in [1.807, 2.05) is 28.8 Å². The van der Waals surface area contributed by atoms with E-state index in [0.717, 1.165) is 43.9 Å². The van der Waals surface area contributed by atoms with Gasteiger partial charge in [0.05, 0.1) is 12.2 Å². The van der Waals surface area contributed by atoms with Crippen LogP contribution in [0, 0.1) is 0 Å². The predicted molar refractivity (Wildman–Crippen MR) is 95.3 cm³/mol. The Kier molecular flexibility index (Phi) is 6.56. The van der Waals surface area contributed by atoms with E-state index in [1.165, 1.54) is 4.90 Å². The van der Waals surface area contributed by atoms with Gasteiger partial charge in [-0.2, -0.15) is 0 Å². The van der Waals surface area contributed by atoms with Crippen LogP contribution in [0.25, 0.3) is 0 Å². The van der Waals surface area contributed by atoms with Crippen molar-refractivity contribution in [1.82, 2.24) is 10.2 Å². The molecule has 1 aromatic rings. The van der Waals surface area contributed by atoms with Crippen molar-refractivity contribution in [3.05, 3.63) is 24.3 Å². The number of likely N-dealkylation sites (N-methyl/N-ethyl adjacent to an activating group) is 1. The minimum atomic E-state index is 0. The van der Waals surface area contributed by atoms with Crippen LogP contribution in [0.1, 0.15) is 12.8 Å². The van der Waals surface area contributed by atoms with E-state index in [-0.39, 0.29) is 18.3 Å². The molecule has 0 aromatic heterocycles. The number of rotatable bonds is 3. The summed E-state index contributed by atoms with van der Waals surface area (Å²) in [5, 5.41) is 3.37. The third-order valence-corrected chi connectivity index (χ3v) is 5.39. The first-order chi connectivity index (χ1) is 10.3. The number of piperidine rings is 1. The van der Waals surface area contributed by atoms with E-state index in [9.17, 15) is 4.79 Å². The fourth-order valence-corrected chi connectivity index (χ4v) is 4.10. The van der Waals surface area contributed by atoms with Crippen molar-refractivity contribution < 1.29 is 4.79 Å². The first kappa shape index (κ1) is 17.6. The lowest BCUT2D eigenvalue weighted by Crippen LogP contribution is -2.47. The second-order valence-electron chi connectivity index (χ2n) is 5.76. The first-order valence-corrected chi connectivity index (χ1v) is 8.67. The molecule has 1 N–H and O–H groups in total. The molecule has 122 valence electrons. The van der Waals surface area contributed by atoms with Gasteiger partial charge in [-0.25, -0.2) is 0 Å². The number of halogens is 1. The number of amides is 1. The van der Waals surface area contributed by atoms with Crippen LogP contribution >= 0.6 is 24.2 Å². The van der Waals surface area contributed by atoms with Gasteiger partial charge in [-0.3, -0.25) is 9.69 Å². The summed E-state index contributed by atoms with van der Waals surface area (Å²) in [5.41, 5.74) is 1.08. The molecule has 1 saturated heterocycles. The Balaban J connectivity index is 0.00000176. The number of thioether (sulfide) groups is 1. The zero-order chi connectivity index (χ0) is 14.7. The molecular formula is C16H24ClN3OS. The van der Waals surface area contributed by atoms with Gasteiger partial charge in [-0.05, 0) is 45.1 Å². The first-order valence-electron chi connectivity index (χ1n) is 7.69. The largest absolute Gasteiger partial charge is 0.317 e. The molecule has 0 spiro atoms. The SMILES string of the molecule is CN(CC(=O)N1CCSc2ccccc21)C1CCNCC1.Cl. The molecule has 0 bridgehead atoms. The molecule has 0 unspecified atom stereocenters. The van der Waals surface area contributed by atoms with Crippen LogP contribution < -0.4 is 10.2 Å². The molecule has 0 saturated carbocycles. The van der Waals surface area contributed by atoms with E-state index in [0.29, 0.717) is 12.6 Å². The van der Waals surface area contributed by atoms with Gasteiger partial charge in [0.15, 0.2) is 0 Å². The van der Waals surface area contributed by atoms with Gasteiger partial charge in [0.1, 0.15) is 0 Å². The number of carbonyl (C=O) groups is 1. The van der Waals surface area contributed by atoms with Gasteiger partial charge in [0.25, 0.3) is 0 Å². The summed E-state index contributed by atoms with van der Waals surface area (Å²) in [6.07, 6.45) is 2.27. The standard InChI is InChI=1S/C16H23N3OS.ClH/c1-18(13-6-8-17-9-7-13)12-16(20)19-10-11-21-15-5-3-2-4-14(15)19;/h2-5,13,17H,6-12H2,1H3;1H. The maximum atomic E-state index is 12.7. The molecule has 0 radical (unpaired) electrons. The smallest absolute Gasteiger partial charge is 0.241 e. The third kappa shape index (κ3) is 3.96. The summed E-state index contributed by atoms with van der Waals surface area (Å²) >= 11 is 1.84. The normalized spacial score (nSPS) is 18.7. The molecule has 1 amide bonds. The quantitative estimate of drug-likeness (QED) is 0.914. The van der Waals surface area contributed by atoms with Gasteiger partial charge < -0.3 is 10.2 Å². The second kappa shape index (κ2) is 8.20. The highest BCUT2D eigenvalue weighted by Crippen LogP contribution is 2.34. The van der Waals surface area contributed by atoms with E-state index < -0.39 is 0 Å². The third-order valence-electron chi connectivity index (χ3n) is 4.35. The summed E-state index contributed by atoms with van der Waals surface area (Å²) in [4.78, 5) is 18.1. The van der Waals surface area contributed by atoms with Crippen LogP contribution in [0.2, 0.25) is 0 Å². The van der Waals surface area contributed by atoms with Gasteiger partial charge >= 0.3 is 0 Å². The van der Waals surface area contributed by atoms with Gasteiger partial charge in [0, 0.05) is 23.2 Å². The van der Waals surface area contributed by atoms with Gasteiger partial charge in [0.2, 0.25) is 5.91 Å². The molecule has 22 heavy (non-hydrogen) atoms. The molecular weight excluding hydrogens is 318 g/mol. The molecule has 3 rings (SSSR count). The fraction of sp³-hybridized carbons (Fsp3) is 0.562. The number of benzene rings is 1. The lowest BCUT2D eigenvalue weighted by atomic mass is 10.1. The summed E-state index contributed by atoms with van der Waals surface area (Å²) in [5.74, 6) is 1.21. The number of hydrogen-bond acceptors (Lipinski definition) is 4. The summed E-state index contributed by atoms with van der Waals surface area (Å²) in [7, 11) is 2.08. The zero-order valence-corrected chi connectivity index (χ0v) is 14.6. The number of nitrogens with one attached hydrogen (secondary N) is 1. The van der Waals surface area contributed by atoms with Crippen LogP contribution in [-0.4, -0.2) is 55.8 Å². The second-order valence-corrected chi connectivity index (χ2v) is 6.89. The average Bonchev–Trinajstić information content (AvgIpc) is 2.55. The number of carbonyl (C=O) groups excluding carboxylic acids is 1. The Morgan fingerprint density at radius 1 is 1.36 bits per heavy atom. The van der Waals surface area contributed by atoms with Crippen molar-refractivity contribution in [2.75, 3.05) is 43.9 Å². The highest BCUT2D eigenvalue weighted by molar-refractivity contribution is 7.99. The van der Waals surface area contributed by atoms with Crippen molar-refractivity contribution in [1.29, 1.82) is 0 Å². The number of para-hydroxylation sites is 1. The van der Waals surface area contributed by atoms with Crippen molar-refractivity contribution in [2.45, 2.75) is 23.8 Å². The van der Waals surface area contributed by atoms with E-state index in [1.54, 1.807) is 0 Å². The Morgan fingerprint density at radius 3 is 2.86 bits per heavy atom. The maximum Gasteiger partial charge on any atom is 0.241 e. The maximum absolute atomic E-state index is 12.7. The Morgan fingerprint density at radius 2 is 2.09 bits per heavy atom. The van der Waals surface area contributed by atoms with Crippen LogP contribution in [0.5, 0.6) is 0 Å².